The van der Waals surface area contributed by atoms with Crippen LogP contribution in [-0.2, 0) is 0 Å². The number of hydrogen-bond donors (Lipinski definition) is 1. The van der Waals surface area contributed by atoms with E-state index in [1.165, 1.54) is 39.0 Å². The maximum Gasteiger partial charge on any atom is 0.0555 e. The molecule has 16 heavy (non-hydrogen) atoms. The first-order valence-corrected chi connectivity index (χ1v) is 6.87. The van der Waals surface area contributed by atoms with Crippen LogP contribution in [0, 0.1) is 0 Å². The molecule has 0 bridgehead atoms. The van der Waals surface area contributed by atoms with Gasteiger partial charge in [0.15, 0.2) is 0 Å². The number of likely N-dealkylation sites (N-methyl/N-ethyl adjacent to an activating group) is 1. The second kappa shape index (κ2) is 5.48. The van der Waals surface area contributed by atoms with E-state index in [9.17, 15) is 5.11 Å². The summed E-state index contributed by atoms with van der Waals surface area (Å²) in [7, 11) is 0. The fourth-order valence-corrected chi connectivity index (χ4v) is 3.30. The number of piperazine rings is 1. The number of aliphatic hydroxyl groups excluding tert-OH is 1. The van der Waals surface area contributed by atoms with Gasteiger partial charge in [-0.25, -0.2) is 0 Å². The topological polar surface area (TPSA) is 26.7 Å². The molecule has 2 rings (SSSR count). The maximum absolute atomic E-state index is 9.74. The van der Waals surface area contributed by atoms with Gasteiger partial charge in [-0.2, -0.15) is 0 Å². The molecule has 3 heteroatoms. The van der Waals surface area contributed by atoms with Crippen LogP contribution in [0.4, 0.5) is 0 Å². The molecular formula is C13H26N2O. The molecular weight excluding hydrogens is 200 g/mol. The van der Waals surface area contributed by atoms with E-state index in [2.05, 4.69) is 23.6 Å². The largest absolute Gasteiger partial charge is 0.393 e. The zero-order valence-electron chi connectivity index (χ0n) is 10.7. The van der Waals surface area contributed by atoms with Gasteiger partial charge in [0.25, 0.3) is 0 Å². The molecule has 1 N–H and O–H groups in total. The summed E-state index contributed by atoms with van der Waals surface area (Å²) < 4.78 is 0. The molecule has 1 saturated carbocycles. The van der Waals surface area contributed by atoms with Crippen LogP contribution in [0.3, 0.4) is 0 Å². The van der Waals surface area contributed by atoms with Crippen molar-refractivity contribution in [1.29, 1.82) is 0 Å². The molecule has 1 saturated heterocycles. The number of nitrogens with zero attached hydrogens (tertiary/aromatic N) is 2. The zero-order valence-corrected chi connectivity index (χ0v) is 10.7. The molecule has 0 amide bonds. The third kappa shape index (κ3) is 2.76. The predicted octanol–water partition coefficient (Wildman–Crippen LogP) is 1.32. The summed E-state index contributed by atoms with van der Waals surface area (Å²) in [4.78, 5) is 5.16. The molecule has 0 aromatic carbocycles. The van der Waals surface area contributed by atoms with Crippen molar-refractivity contribution in [3.05, 3.63) is 0 Å². The van der Waals surface area contributed by atoms with E-state index in [0.717, 1.165) is 12.8 Å². The van der Waals surface area contributed by atoms with Crippen LogP contribution in [-0.4, -0.2) is 59.3 Å². The molecule has 94 valence electrons. The van der Waals surface area contributed by atoms with Crippen molar-refractivity contribution in [2.24, 2.45) is 0 Å². The predicted molar refractivity (Wildman–Crippen MR) is 66.5 cm³/mol. The molecule has 0 spiro atoms. The summed E-state index contributed by atoms with van der Waals surface area (Å²) in [6.07, 6.45) is 4.46. The van der Waals surface area contributed by atoms with Crippen LogP contribution in [0.15, 0.2) is 0 Å². The van der Waals surface area contributed by atoms with Crippen LogP contribution in [0.5, 0.6) is 0 Å². The lowest BCUT2D eigenvalue weighted by molar-refractivity contribution is 0.0155. The Balaban J connectivity index is 1.86. The first-order valence-electron chi connectivity index (χ1n) is 6.87. The van der Waals surface area contributed by atoms with Gasteiger partial charge < -0.3 is 5.11 Å². The van der Waals surface area contributed by atoms with Gasteiger partial charge in [-0.15, -0.1) is 0 Å². The summed E-state index contributed by atoms with van der Waals surface area (Å²) in [5.41, 5.74) is 0. The monoisotopic (exact) mass is 226 g/mol. The average molecular weight is 226 g/mol. The van der Waals surface area contributed by atoms with Crippen LogP contribution < -0.4 is 0 Å². The zero-order chi connectivity index (χ0) is 11.5. The van der Waals surface area contributed by atoms with Crippen LogP contribution in [0.25, 0.3) is 0 Å². The minimum absolute atomic E-state index is 0.0433. The lowest BCUT2D eigenvalue weighted by Crippen LogP contribution is -2.55. The van der Waals surface area contributed by atoms with Crippen molar-refractivity contribution in [2.75, 3.05) is 26.2 Å². The Hall–Kier alpha value is -0.120. The van der Waals surface area contributed by atoms with E-state index in [1.807, 2.05) is 0 Å². The summed E-state index contributed by atoms with van der Waals surface area (Å²) >= 11 is 0. The average Bonchev–Trinajstić information content (AvgIpc) is 2.29. The molecule has 0 aromatic heterocycles. The van der Waals surface area contributed by atoms with Crippen molar-refractivity contribution in [2.45, 2.75) is 57.7 Å². The standard InChI is InChI=1S/C13H26N2O/c1-3-14-7-8-15(10-11(14)2)12-5-4-6-13(16)9-12/h11-13,16H,3-10H2,1-2H3. The lowest BCUT2D eigenvalue weighted by Gasteiger charge is -2.44. The van der Waals surface area contributed by atoms with Crippen molar-refractivity contribution in [1.82, 2.24) is 9.80 Å². The van der Waals surface area contributed by atoms with E-state index in [1.54, 1.807) is 0 Å². The highest BCUT2D eigenvalue weighted by atomic mass is 16.3. The Morgan fingerprint density at radius 1 is 1.25 bits per heavy atom. The Labute approximate surface area is 99.4 Å². The van der Waals surface area contributed by atoms with E-state index < -0.39 is 0 Å². The van der Waals surface area contributed by atoms with E-state index in [4.69, 9.17) is 0 Å². The van der Waals surface area contributed by atoms with E-state index in [-0.39, 0.29) is 6.10 Å². The van der Waals surface area contributed by atoms with Gasteiger partial charge >= 0.3 is 0 Å². The lowest BCUT2D eigenvalue weighted by atomic mass is 9.91. The Morgan fingerprint density at radius 3 is 2.69 bits per heavy atom. The first kappa shape index (κ1) is 12.3. The highest BCUT2D eigenvalue weighted by molar-refractivity contribution is 4.86. The van der Waals surface area contributed by atoms with Gasteiger partial charge in [0.1, 0.15) is 0 Å². The molecule has 2 aliphatic rings. The molecule has 3 unspecified atom stereocenters. The van der Waals surface area contributed by atoms with E-state index >= 15 is 0 Å². The smallest absolute Gasteiger partial charge is 0.0555 e. The minimum Gasteiger partial charge on any atom is -0.393 e. The number of aliphatic hydroxyl groups is 1. The second-order valence-corrected chi connectivity index (χ2v) is 5.45. The molecule has 0 radical (unpaired) electrons. The van der Waals surface area contributed by atoms with Crippen LogP contribution in [0.1, 0.15) is 39.5 Å². The minimum atomic E-state index is -0.0433. The highest BCUT2D eigenvalue weighted by Crippen LogP contribution is 2.25. The molecule has 1 aliphatic heterocycles. The fraction of sp³-hybridized carbons (Fsp3) is 1.00. The van der Waals surface area contributed by atoms with Crippen LogP contribution in [0.2, 0.25) is 0 Å². The van der Waals surface area contributed by atoms with E-state index in [0.29, 0.717) is 12.1 Å². The Kier molecular flexibility index (Phi) is 4.22. The van der Waals surface area contributed by atoms with Crippen molar-refractivity contribution in [3.8, 4) is 0 Å². The van der Waals surface area contributed by atoms with Gasteiger partial charge in [-0.3, -0.25) is 9.80 Å². The molecule has 2 fully saturated rings. The summed E-state index contributed by atoms with van der Waals surface area (Å²) in [6.45, 7) is 9.32. The molecule has 1 aliphatic carbocycles. The van der Waals surface area contributed by atoms with Crippen LogP contribution >= 0.6 is 0 Å². The van der Waals surface area contributed by atoms with Gasteiger partial charge in [-0.05, 0) is 39.2 Å². The quantitative estimate of drug-likeness (QED) is 0.769. The molecule has 3 nitrogen and oxygen atoms in total. The first-order chi connectivity index (χ1) is 7.70. The van der Waals surface area contributed by atoms with Gasteiger partial charge in [0.2, 0.25) is 0 Å². The summed E-state index contributed by atoms with van der Waals surface area (Å²) in [5.74, 6) is 0. The second-order valence-electron chi connectivity index (χ2n) is 5.45. The maximum atomic E-state index is 9.74. The molecule has 1 heterocycles. The van der Waals surface area contributed by atoms with Gasteiger partial charge in [0, 0.05) is 31.7 Å². The third-order valence-electron chi connectivity index (χ3n) is 4.34. The fourth-order valence-electron chi connectivity index (χ4n) is 3.30. The van der Waals surface area contributed by atoms with Gasteiger partial charge in [0.05, 0.1) is 6.10 Å². The van der Waals surface area contributed by atoms with Crippen molar-refractivity contribution >= 4 is 0 Å². The summed E-state index contributed by atoms with van der Waals surface area (Å²) in [5, 5.41) is 9.74. The van der Waals surface area contributed by atoms with Crippen molar-refractivity contribution < 1.29 is 5.11 Å². The number of rotatable bonds is 2. The highest BCUT2D eigenvalue weighted by Gasteiger charge is 2.30. The normalized spacial score (nSPS) is 38.8. The Morgan fingerprint density at radius 2 is 2.06 bits per heavy atom. The molecule has 3 atom stereocenters. The third-order valence-corrected chi connectivity index (χ3v) is 4.34. The number of hydrogen-bond acceptors (Lipinski definition) is 3. The van der Waals surface area contributed by atoms with Gasteiger partial charge in [-0.1, -0.05) is 6.92 Å². The molecule has 0 aromatic rings. The SMILES string of the molecule is CCN1CCN(C2CCCC(O)C2)CC1C. The Bertz CT molecular complexity index is 222. The van der Waals surface area contributed by atoms with Crippen molar-refractivity contribution in [3.63, 3.8) is 0 Å². The summed E-state index contributed by atoms with van der Waals surface area (Å²) in [6, 6.07) is 1.32.